The maximum absolute atomic E-state index is 13.1. The molecule has 2 fully saturated rings. The van der Waals surface area contributed by atoms with Crippen molar-refractivity contribution in [2.24, 2.45) is 5.92 Å². The fourth-order valence-electron chi connectivity index (χ4n) is 5.90. The van der Waals surface area contributed by atoms with Gasteiger partial charge in [0.15, 0.2) is 5.82 Å². The third-order valence-electron chi connectivity index (χ3n) is 8.25. The molecule has 0 spiro atoms. The Morgan fingerprint density at radius 3 is 2.64 bits per heavy atom. The van der Waals surface area contributed by atoms with Gasteiger partial charge in [0.2, 0.25) is 10.0 Å². The number of aromatic nitrogens is 3. The fraction of sp³-hybridized carbons (Fsp3) is 0.517. The van der Waals surface area contributed by atoms with Gasteiger partial charge in [-0.2, -0.15) is 14.7 Å². The fourth-order valence-corrected chi connectivity index (χ4v) is 7.59. The van der Waals surface area contributed by atoms with E-state index in [4.69, 9.17) is 9.84 Å². The number of likely N-dealkylation sites (tertiary alicyclic amines) is 1. The average molecular weight is 594 g/mol. The number of ether oxygens (including phenoxy) is 1. The van der Waals surface area contributed by atoms with Crippen molar-refractivity contribution in [3.63, 3.8) is 0 Å². The molecule has 0 atom stereocenters. The first-order chi connectivity index (χ1) is 19.9. The van der Waals surface area contributed by atoms with E-state index in [0.717, 1.165) is 12.8 Å². The summed E-state index contributed by atoms with van der Waals surface area (Å²) in [7, 11) is -3.51. The molecular formula is C29H35N7O5S. The number of hydrogen-bond donors (Lipinski definition) is 2. The van der Waals surface area contributed by atoms with Crippen LogP contribution in [0.25, 0.3) is 10.9 Å². The summed E-state index contributed by atoms with van der Waals surface area (Å²) in [5.41, 5.74) is 0.194. The normalized spacial score (nSPS) is 19.8. The lowest BCUT2D eigenvalue weighted by Gasteiger charge is -2.41. The van der Waals surface area contributed by atoms with Gasteiger partial charge in [0.1, 0.15) is 11.0 Å². The number of fused-ring (bicyclic) bond motifs is 2. The van der Waals surface area contributed by atoms with Crippen molar-refractivity contribution in [1.29, 1.82) is 5.26 Å². The minimum absolute atomic E-state index is 0.145. The molecular weight excluding hydrogens is 558 g/mol. The summed E-state index contributed by atoms with van der Waals surface area (Å²) in [5.74, 6) is 0.750. The van der Waals surface area contributed by atoms with Crippen molar-refractivity contribution in [3.8, 4) is 6.07 Å². The Balaban J connectivity index is 1.31. The monoisotopic (exact) mass is 593 g/mol. The molecule has 1 amide bonds. The lowest BCUT2D eigenvalue weighted by molar-refractivity contribution is 0.0110. The average Bonchev–Trinajstić information content (AvgIpc) is 3.61. The number of nitrogens with one attached hydrogen (secondary N) is 2. The summed E-state index contributed by atoms with van der Waals surface area (Å²) in [5, 5.41) is 18.3. The first kappa shape index (κ1) is 28.2. The Bertz CT molecular complexity index is 1750. The van der Waals surface area contributed by atoms with Gasteiger partial charge >= 0.3 is 6.09 Å². The molecule has 0 bridgehead atoms. The zero-order valence-corrected chi connectivity index (χ0v) is 24.8. The van der Waals surface area contributed by atoms with Gasteiger partial charge in [0, 0.05) is 38.1 Å². The quantitative estimate of drug-likeness (QED) is 0.435. The summed E-state index contributed by atoms with van der Waals surface area (Å²) in [6.45, 7) is 7.07. The summed E-state index contributed by atoms with van der Waals surface area (Å²) in [6, 6.07) is 9.14. The molecule has 2 N–H and O–H groups in total. The van der Waals surface area contributed by atoms with E-state index in [2.05, 4.69) is 16.4 Å². The van der Waals surface area contributed by atoms with E-state index < -0.39 is 27.3 Å². The number of amides is 1. The predicted octanol–water partition coefficient (Wildman–Crippen LogP) is 4.02. The molecule has 42 heavy (non-hydrogen) atoms. The highest BCUT2D eigenvalue weighted by atomic mass is 32.2. The summed E-state index contributed by atoms with van der Waals surface area (Å²) >= 11 is 0. The molecule has 1 saturated heterocycles. The van der Waals surface area contributed by atoms with Crippen LogP contribution in [0, 0.1) is 17.2 Å². The van der Waals surface area contributed by atoms with Crippen molar-refractivity contribution < 1.29 is 17.9 Å². The zero-order valence-electron chi connectivity index (χ0n) is 24.0. The van der Waals surface area contributed by atoms with Crippen molar-refractivity contribution >= 4 is 38.5 Å². The first-order valence-corrected chi connectivity index (χ1v) is 15.7. The predicted molar refractivity (Wildman–Crippen MR) is 156 cm³/mol. The number of nitrogens with zero attached hydrogens (tertiary/aromatic N) is 5. The second kappa shape index (κ2) is 10.1. The van der Waals surface area contributed by atoms with Crippen molar-refractivity contribution in [1.82, 2.24) is 24.0 Å². The Kier molecular flexibility index (Phi) is 6.81. The SMILES string of the molecule is CC(C)(C)OC(=O)N1CCC(CC#N)(n2nc(Nc3ccc4c(c3)CN(CC3CC3)S4(=O)=O)c3c(=O)[nH]ccc32)CC1. The van der Waals surface area contributed by atoms with Crippen LogP contribution in [-0.2, 0) is 26.8 Å². The Morgan fingerprint density at radius 2 is 1.98 bits per heavy atom. The number of carbonyl (C=O) groups excluding carboxylic acids is 1. The Hall–Kier alpha value is -3.89. The van der Waals surface area contributed by atoms with Gasteiger partial charge < -0.3 is 19.9 Å². The van der Waals surface area contributed by atoms with Crippen LogP contribution in [-0.4, -0.2) is 63.7 Å². The van der Waals surface area contributed by atoms with Gasteiger partial charge in [-0.25, -0.2) is 13.2 Å². The maximum atomic E-state index is 13.1. The topological polar surface area (TPSA) is 153 Å². The zero-order chi connectivity index (χ0) is 29.9. The molecule has 3 aliphatic rings. The van der Waals surface area contributed by atoms with Crippen molar-refractivity contribution in [3.05, 3.63) is 46.4 Å². The van der Waals surface area contributed by atoms with Crippen LogP contribution in [0.15, 0.2) is 40.2 Å². The molecule has 3 aromatic rings. The molecule has 222 valence electrons. The lowest BCUT2D eigenvalue weighted by Crippen LogP contribution is -2.49. The first-order valence-electron chi connectivity index (χ1n) is 14.3. The molecule has 0 radical (unpaired) electrons. The number of rotatable bonds is 6. The van der Waals surface area contributed by atoms with Crippen molar-refractivity contribution in [2.75, 3.05) is 25.0 Å². The highest BCUT2D eigenvalue weighted by molar-refractivity contribution is 7.89. The van der Waals surface area contributed by atoms with E-state index in [-0.39, 0.29) is 12.0 Å². The van der Waals surface area contributed by atoms with Gasteiger partial charge in [-0.1, -0.05) is 0 Å². The van der Waals surface area contributed by atoms with Gasteiger partial charge in [0.05, 0.1) is 28.4 Å². The van der Waals surface area contributed by atoms with Crippen LogP contribution in [0.4, 0.5) is 16.3 Å². The Morgan fingerprint density at radius 1 is 1.24 bits per heavy atom. The molecule has 2 aromatic heterocycles. The molecule has 0 unspecified atom stereocenters. The number of H-pyrrole nitrogens is 1. The minimum Gasteiger partial charge on any atom is -0.444 e. The largest absolute Gasteiger partial charge is 0.444 e. The number of anilines is 2. The molecule has 1 saturated carbocycles. The second-order valence-corrected chi connectivity index (χ2v) is 14.4. The minimum atomic E-state index is -3.51. The second-order valence-electron chi connectivity index (χ2n) is 12.5. The number of aromatic amines is 1. The van der Waals surface area contributed by atoms with Gasteiger partial charge in [-0.15, -0.1) is 0 Å². The molecule has 4 heterocycles. The smallest absolute Gasteiger partial charge is 0.410 e. The van der Waals surface area contributed by atoms with E-state index in [9.17, 15) is 23.3 Å². The highest BCUT2D eigenvalue weighted by Crippen LogP contribution is 2.40. The van der Waals surface area contributed by atoms with Crippen LogP contribution >= 0.6 is 0 Å². The summed E-state index contributed by atoms with van der Waals surface area (Å²) in [4.78, 5) is 30.4. The van der Waals surface area contributed by atoms with Crippen LogP contribution in [0.5, 0.6) is 0 Å². The van der Waals surface area contributed by atoms with E-state index in [1.165, 1.54) is 0 Å². The third-order valence-corrected chi connectivity index (χ3v) is 10.2. The molecule has 1 aliphatic carbocycles. The van der Waals surface area contributed by atoms with Gasteiger partial charge in [-0.3, -0.25) is 9.48 Å². The van der Waals surface area contributed by atoms with E-state index in [1.807, 2.05) is 20.8 Å². The molecule has 2 aliphatic heterocycles. The van der Waals surface area contributed by atoms with Crippen LogP contribution in [0.3, 0.4) is 0 Å². The third kappa shape index (κ3) is 5.13. The number of sulfonamides is 1. The summed E-state index contributed by atoms with van der Waals surface area (Å²) < 4.78 is 34.9. The molecule has 6 rings (SSSR count). The van der Waals surface area contributed by atoms with Gasteiger partial charge in [-0.05, 0) is 82.2 Å². The number of hydrogen-bond acceptors (Lipinski definition) is 8. The lowest BCUT2D eigenvalue weighted by atomic mass is 9.85. The van der Waals surface area contributed by atoms with Crippen LogP contribution in [0.2, 0.25) is 0 Å². The standard InChI is InChI=1S/C29H35N7O5S/c1-28(2,3)41-27(38)34-14-10-29(9-12-30,11-15-34)36-22-8-13-31-26(37)24(22)25(33-36)32-21-6-7-23-20(16-21)18-35(42(23,39)40)17-19-4-5-19/h6-8,13,16,19H,4-5,9-11,14-15,17-18H2,1-3H3,(H,31,37)(H,32,33). The number of benzene rings is 1. The van der Waals surface area contributed by atoms with E-state index >= 15 is 0 Å². The highest BCUT2D eigenvalue weighted by Gasteiger charge is 2.41. The van der Waals surface area contributed by atoms with E-state index in [1.54, 1.807) is 44.3 Å². The number of pyridine rings is 1. The number of piperidine rings is 1. The number of carbonyl (C=O) groups is 1. The number of nitriles is 1. The maximum Gasteiger partial charge on any atom is 0.410 e. The van der Waals surface area contributed by atoms with E-state index in [0.29, 0.717) is 77.8 Å². The molecule has 1 aromatic carbocycles. The van der Waals surface area contributed by atoms with Crippen molar-refractivity contribution in [2.45, 2.75) is 75.5 Å². The van der Waals surface area contributed by atoms with Crippen LogP contribution in [0.1, 0.15) is 58.4 Å². The Labute approximate surface area is 244 Å². The summed E-state index contributed by atoms with van der Waals surface area (Å²) in [6.07, 6.45) is 4.33. The molecule has 12 nitrogen and oxygen atoms in total. The molecule has 13 heteroatoms. The van der Waals surface area contributed by atoms with Gasteiger partial charge in [0.25, 0.3) is 5.56 Å². The van der Waals surface area contributed by atoms with Crippen LogP contribution < -0.4 is 10.9 Å².